The van der Waals surface area contributed by atoms with Gasteiger partial charge in [0.1, 0.15) is 6.04 Å². The summed E-state index contributed by atoms with van der Waals surface area (Å²) in [5, 5.41) is 4.40. The number of thiophene rings is 1. The SMILES string of the molecule is O=C([C@@H](c1ccccc1)N1CCC[C@H]1c1ccsc1)N1CCCCC1. The molecule has 2 aliphatic heterocycles. The summed E-state index contributed by atoms with van der Waals surface area (Å²) in [5.41, 5.74) is 2.51. The maximum absolute atomic E-state index is 13.5. The third-order valence-electron chi connectivity index (χ3n) is 5.57. The van der Waals surface area contributed by atoms with Crippen molar-refractivity contribution in [2.45, 2.75) is 44.2 Å². The van der Waals surface area contributed by atoms with Crippen LogP contribution >= 0.6 is 11.3 Å². The summed E-state index contributed by atoms with van der Waals surface area (Å²) in [7, 11) is 0. The molecule has 3 nitrogen and oxygen atoms in total. The van der Waals surface area contributed by atoms with Crippen LogP contribution in [0.2, 0.25) is 0 Å². The second-order valence-electron chi connectivity index (χ2n) is 7.15. The Morgan fingerprint density at radius 3 is 2.52 bits per heavy atom. The summed E-state index contributed by atoms with van der Waals surface area (Å²) >= 11 is 1.75. The van der Waals surface area contributed by atoms with E-state index in [2.05, 4.69) is 50.9 Å². The van der Waals surface area contributed by atoms with Crippen LogP contribution in [0.5, 0.6) is 0 Å². The van der Waals surface area contributed by atoms with Crippen molar-refractivity contribution >= 4 is 17.2 Å². The molecular weight excluding hydrogens is 328 g/mol. The number of likely N-dealkylation sites (tertiary alicyclic amines) is 2. The topological polar surface area (TPSA) is 23.6 Å². The molecule has 3 heterocycles. The summed E-state index contributed by atoms with van der Waals surface area (Å²) in [6, 6.07) is 12.8. The Hall–Kier alpha value is -1.65. The summed E-state index contributed by atoms with van der Waals surface area (Å²) in [6.07, 6.45) is 5.84. The normalized spacial score (nSPS) is 22.9. The van der Waals surface area contributed by atoms with Crippen LogP contribution in [0.25, 0.3) is 0 Å². The monoisotopic (exact) mass is 354 g/mol. The zero-order valence-corrected chi connectivity index (χ0v) is 15.5. The number of hydrogen-bond donors (Lipinski definition) is 0. The zero-order chi connectivity index (χ0) is 17.1. The number of hydrogen-bond acceptors (Lipinski definition) is 3. The smallest absolute Gasteiger partial charge is 0.244 e. The number of benzene rings is 1. The van der Waals surface area contributed by atoms with Gasteiger partial charge >= 0.3 is 0 Å². The molecule has 2 aliphatic rings. The van der Waals surface area contributed by atoms with E-state index in [1.807, 2.05) is 6.07 Å². The summed E-state index contributed by atoms with van der Waals surface area (Å²) in [4.78, 5) is 18.0. The fraction of sp³-hybridized carbons (Fsp3) is 0.476. The van der Waals surface area contributed by atoms with Gasteiger partial charge in [0.2, 0.25) is 5.91 Å². The molecule has 0 unspecified atom stereocenters. The van der Waals surface area contributed by atoms with Crippen molar-refractivity contribution < 1.29 is 4.79 Å². The molecule has 4 heteroatoms. The van der Waals surface area contributed by atoms with E-state index in [1.165, 1.54) is 12.0 Å². The van der Waals surface area contributed by atoms with Gasteiger partial charge in [0.15, 0.2) is 0 Å². The largest absolute Gasteiger partial charge is 0.341 e. The molecule has 2 aromatic rings. The minimum Gasteiger partial charge on any atom is -0.341 e. The molecule has 0 radical (unpaired) electrons. The lowest BCUT2D eigenvalue weighted by molar-refractivity contribution is -0.138. The van der Waals surface area contributed by atoms with E-state index >= 15 is 0 Å². The van der Waals surface area contributed by atoms with Crippen LogP contribution < -0.4 is 0 Å². The average molecular weight is 355 g/mol. The van der Waals surface area contributed by atoms with Crippen LogP contribution in [0.15, 0.2) is 47.2 Å². The lowest BCUT2D eigenvalue weighted by Crippen LogP contribution is -2.44. The molecule has 1 aromatic carbocycles. The van der Waals surface area contributed by atoms with Gasteiger partial charge < -0.3 is 4.90 Å². The summed E-state index contributed by atoms with van der Waals surface area (Å²) in [6.45, 7) is 2.83. The molecule has 25 heavy (non-hydrogen) atoms. The molecule has 0 aliphatic carbocycles. The van der Waals surface area contributed by atoms with Crippen LogP contribution in [-0.2, 0) is 4.79 Å². The predicted octanol–water partition coefficient (Wildman–Crippen LogP) is 4.64. The van der Waals surface area contributed by atoms with E-state index < -0.39 is 0 Å². The molecule has 2 saturated heterocycles. The third-order valence-corrected chi connectivity index (χ3v) is 6.27. The number of piperidine rings is 1. The highest BCUT2D eigenvalue weighted by atomic mass is 32.1. The van der Waals surface area contributed by atoms with Gasteiger partial charge in [-0.25, -0.2) is 0 Å². The summed E-state index contributed by atoms with van der Waals surface area (Å²) < 4.78 is 0. The molecule has 0 N–H and O–H groups in total. The van der Waals surface area contributed by atoms with Crippen molar-refractivity contribution in [1.29, 1.82) is 0 Å². The number of carbonyl (C=O) groups is 1. The van der Waals surface area contributed by atoms with Crippen LogP contribution in [0.1, 0.15) is 55.3 Å². The number of carbonyl (C=O) groups excluding carboxylic acids is 1. The first-order valence-corrected chi connectivity index (χ1v) is 10.4. The van der Waals surface area contributed by atoms with E-state index in [9.17, 15) is 4.79 Å². The van der Waals surface area contributed by atoms with Gasteiger partial charge in [-0.3, -0.25) is 9.69 Å². The zero-order valence-electron chi connectivity index (χ0n) is 14.6. The van der Waals surface area contributed by atoms with Gasteiger partial charge in [-0.1, -0.05) is 30.3 Å². The molecule has 2 atom stereocenters. The van der Waals surface area contributed by atoms with Gasteiger partial charge in [-0.05, 0) is 66.6 Å². The molecule has 2 fully saturated rings. The predicted molar refractivity (Wildman–Crippen MR) is 103 cm³/mol. The first-order valence-electron chi connectivity index (χ1n) is 9.46. The quantitative estimate of drug-likeness (QED) is 0.798. The highest BCUT2D eigenvalue weighted by molar-refractivity contribution is 7.07. The maximum Gasteiger partial charge on any atom is 0.244 e. The van der Waals surface area contributed by atoms with Crippen molar-refractivity contribution in [3.05, 3.63) is 58.3 Å². The van der Waals surface area contributed by atoms with Gasteiger partial charge in [0.25, 0.3) is 0 Å². The Labute approximate surface area is 154 Å². The first kappa shape index (κ1) is 16.8. The Kier molecular flexibility index (Phi) is 5.18. The van der Waals surface area contributed by atoms with Gasteiger partial charge in [0.05, 0.1) is 0 Å². The van der Waals surface area contributed by atoms with Crippen LogP contribution in [0.3, 0.4) is 0 Å². The standard InChI is InChI=1S/C21H26N2OS/c24-21(22-12-5-2-6-13-22)20(17-8-3-1-4-9-17)23-14-7-10-19(23)18-11-15-25-16-18/h1,3-4,8-9,11,15-16,19-20H,2,5-7,10,12-14H2/t19-,20+/m0/s1. The molecule has 1 aromatic heterocycles. The number of nitrogens with zero attached hydrogens (tertiary/aromatic N) is 2. The number of rotatable bonds is 4. The third kappa shape index (κ3) is 3.51. The Bertz CT molecular complexity index is 679. The van der Waals surface area contributed by atoms with Gasteiger partial charge in [-0.15, -0.1) is 0 Å². The van der Waals surface area contributed by atoms with Crippen molar-refractivity contribution in [3.8, 4) is 0 Å². The minimum absolute atomic E-state index is 0.147. The van der Waals surface area contributed by atoms with Gasteiger partial charge in [0, 0.05) is 19.1 Å². The van der Waals surface area contributed by atoms with Crippen molar-refractivity contribution in [2.24, 2.45) is 0 Å². The van der Waals surface area contributed by atoms with Crippen LogP contribution in [-0.4, -0.2) is 35.3 Å². The maximum atomic E-state index is 13.5. The highest BCUT2D eigenvalue weighted by Gasteiger charge is 2.38. The van der Waals surface area contributed by atoms with E-state index in [0.717, 1.165) is 50.9 Å². The average Bonchev–Trinajstić information content (AvgIpc) is 3.35. The Morgan fingerprint density at radius 2 is 1.80 bits per heavy atom. The van der Waals surface area contributed by atoms with E-state index in [4.69, 9.17) is 0 Å². The Morgan fingerprint density at radius 1 is 1.00 bits per heavy atom. The second kappa shape index (κ2) is 7.71. The highest BCUT2D eigenvalue weighted by Crippen LogP contribution is 2.40. The van der Waals surface area contributed by atoms with Gasteiger partial charge in [-0.2, -0.15) is 11.3 Å². The fourth-order valence-electron chi connectivity index (χ4n) is 4.32. The van der Waals surface area contributed by atoms with E-state index in [-0.39, 0.29) is 6.04 Å². The lowest BCUT2D eigenvalue weighted by atomic mass is 9.99. The van der Waals surface area contributed by atoms with E-state index in [0.29, 0.717) is 11.9 Å². The van der Waals surface area contributed by atoms with E-state index in [1.54, 1.807) is 11.3 Å². The molecule has 1 amide bonds. The Balaban J connectivity index is 1.66. The van der Waals surface area contributed by atoms with Crippen molar-refractivity contribution in [1.82, 2.24) is 9.80 Å². The molecule has 0 saturated carbocycles. The first-order chi connectivity index (χ1) is 12.3. The van der Waals surface area contributed by atoms with Crippen LogP contribution in [0.4, 0.5) is 0 Å². The minimum atomic E-state index is -0.147. The molecule has 132 valence electrons. The van der Waals surface area contributed by atoms with Crippen molar-refractivity contribution in [2.75, 3.05) is 19.6 Å². The molecule has 0 spiro atoms. The van der Waals surface area contributed by atoms with Crippen molar-refractivity contribution in [3.63, 3.8) is 0 Å². The molecule has 4 rings (SSSR count). The second-order valence-corrected chi connectivity index (χ2v) is 7.93. The summed E-state index contributed by atoms with van der Waals surface area (Å²) in [5.74, 6) is 0.299. The fourth-order valence-corrected chi connectivity index (χ4v) is 5.03. The van der Waals surface area contributed by atoms with Crippen LogP contribution in [0, 0.1) is 0 Å². The molecular formula is C21H26N2OS. The molecule has 0 bridgehead atoms. The number of amides is 1. The lowest BCUT2D eigenvalue weighted by Gasteiger charge is -2.37.